The van der Waals surface area contributed by atoms with Crippen LogP contribution in [0.4, 0.5) is 5.82 Å². The average Bonchev–Trinajstić information content (AvgIpc) is 2.18. The minimum atomic E-state index is -0.304. The van der Waals surface area contributed by atoms with Gasteiger partial charge in [-0.05, 0) is 6.92 Å². The highest BCUT2D eigenvalue weighted by molar-refractivity contribution is 5.83. The van der Waals surface area contributed by atoms with Gasteiger partial charge in [0, 0.05) is 19.4 Å². The summed E-state index contributed by atoms with van der Waals surface area (Å²) in [4.78, 5) is 18.9. The monoisotopic (exact) mass is 180 g/mol. The summed E-state index contributed by atoms with van der Waals surface area (Å²) in [6, 6.07) is -0.304. The average molecular weight is 180 g/mol. The van der Waals surface area contributed by atoms with E-state index in [1.54, 1.807) is 32.6 Å². The van der Waals surface area contributed by atoms with Crippen molar-refractivity contribution >= 4 is 11.7 Å². The molecule has 1 amide bonds. The van der Waals surface area contributed by atoms with Gasteiger partial charge in [0.2, 0.25) is 5.91 Å². The summed E-state index contributed by atoms with van der Waals surface area (Å²) in [5.74, 6) is 0.518. The van der Waals surface area contributed by atoms with E-state index in [-0.39, 0.29) is 11.9 Å². The summed E-state index contributed by atoms with van der Waals surface area (Å²) < 4.78 is 0. The van der Waals surface area contributed by atoms with Crippen LogP contribution >= 0.6 is 0 Å². The Morgan fingerprint density at radius 1 is 1.54 bits per heavy atom. The summed E-state index contributed by atoms with van der Waals surface area (Å²) in [7, 11) is 1.59. The van der Waals surface area contributed by atoms with Gasteiger partial charge in [-0.2, -0.15) is 0 Å². The van der Waals surface area contributed by atoms with Gasteiger partial charge in [-0.15, -0.1) is 0 Å². The van der Waals surface area contributed by atoms with Crippen molar-refractivity contribution in [1.29, 1.82) is 0 Å². The van der Waals surface area contributed by atoms with Crippen molar-refractivity contribution in [1.82, 2.24) is 15.3 Å². The zero-order valence-electron chi connectivity index (χ0n) is 7.61. The maximum atomic E-state index is 11.1. The highest BCUT2D eigenvalue weighted by atomic mass is 16.2. The summed E-state index contributed by atoms with van der Waals surface area (Å²) in [5.41, 5.74) is 0. The summed E-state index contributed by atoms with van der Waals surface area (Å²) in [5, 5.41) is 5.44. The molecule has 13 heavy (non-hydrogen) atoms. The van der Waals surface area contributed by atoms with Gasteiger partial charge in [0.15, 0.2) is 0 Å². The largest absolute Gasteiger partial charge is 0.357 e. The fourth-order valence-electron chi connectivity index (χ4n) is 0.878. The lowest BCUT2D eigenvalue weighted by Gasteiger charge is -2.11. The Morgan fingerprint density at radius 3 is 2.85 bits per heavy atom. The van der Waals surface area contributed by atoms with Crippen molar-refractivity contribution in [3.8, 4) is 0 Å². The lowest BCUT2D eigenvalue weighted by molar-refractivity contribution is -0.121. The molecule has 1 heterocycles. The van der Waals surface area contributed by atoms with E-state index in [0.717, 1.165) is 0 Å². The van der Waals surface area contributed by atoms with E-state index in [9.17, 15) is 4.79 Å². The molecule has 0 aliphatic carbocycles. The molecule has 70 valence electrons. The Bertz CT molecular complexity index is 275. The lowest BCUT2D eigenvalue weighted by Crippen LogP contribution is -2.35. The molecule has 1 unspecified atom stereocenters. The summed E-state index contributed by atoms with van der Waals surface area (Å²) in [6.45, 7) is 1.76. The van der Waals surface area contributed by atoms with E-state index in [1.807, 2.05) is 0 Å². The van der Waals surface area contributed by atoms with Crippen LogP contribution in [0.1, 0.15) is 6.92 Å². The quantitative estimate of drug-likeness (QED) is 0.688. The molecule has 5 nitrogen and oxygen atoms in total. The number of likely N-dealkylation sites (N-methyl/N-ethyl adjacent to an activating group) is 1. The van der Waals surface area contributed by atoms with Crippen LogP contribution in [0.2, 0.25) is 0 Å². The standard InChI is InChI=1S/C8H12N4O/c1-6(8(13)9-2)12-7-5-10-3-4-11-7/h3-6H,1-2H3,(H,9,13)(H,11,12). The number of nitrogens with one attached hydrogen (secondary N) is 2. The molecule has 0 saturated heterocycles. The number of nitrogens with zero attached hydrogens (tertiary/aromatic N) is 2. The predicted molar refractivity (Wildman–Crippen MR) is 49.2 cm³/mol. The third kappa shape index (κ3) is 2.70. The van der Waals surface area contributed by atoms with Crippen molar-refractivity contribution in [3.05, 3.63) is 18.6 Å². The van der Waals surface area contributed by atoms with Crippen LogP contribution in [0, 0.1) is 0 Å². The van der Waals surface area contributed by atoms with Crippen LogP contribution in [0.3, 0.4) is 0 Å². The lowest BCUT2D eigenvalue weighted by atomic mass is 10.3. The first-order valence-electron chi connectivity index (χ1n) is 3.98. The van der Waals surface area contributed by atoms with Crippen LogP contribution in [0.15, 0.2) is 18.6 Å². The first-order valence-corrected chi connectivity index (χ1v) is 3.98. The third-order valence-corrected chi connectivity index (χ3v) is 1.57. The van der Waals surface area contributed by atoms with E-state index in [4.69, 9.17) is 0 Å². The molecule has 5 heteroatoms. The predicted octanol–water partition coefficient (Wildman–Crippen LogP) is 0.0230. The number of rotatable bonds is 3. The van der Waals surface area contributed by atoms with Gasteiger partial charge in [0.05, 0.1) is 6.20 Å². The zero-order valence-corrected chi connectivity index (χ0v) is 7.61. The number of aromatic nitrogens is 2. The molecule has 0 aliphatic rings. The molecule has 0 aliphatic heterocycles. The summed E-state index contributed by atoms with van der Waals surface area (Å²) in [6.07, 6.45) is 4.72. The molecule has 0 bridgehead atoms. The van der Waals surface area contributed by atoms with Gasteiger partial charge in [-0.1, -0.05) is 0 Å². The van der Waals surface area contributed by atoms with Crippen molar-refractivity contribution in [3.63, 3.8) is 0 Å². The zero-order chi connectivity index (χ0) is 9.68. The number of anilines is 1. The highest BCUT2D eigenvalue weighted by Gasteiger charge is 2.09. The number of carbonyl (C=O) groups excluding carboxylic acids is 1. The van der Waals surface area contributed by atoms with Crippen LogP contribution in [0.5, 0.6) is 0 Å². The molecule has 0 radical (unpaired) electrons. The molecular formula is C8H12N4O. The molecule has 1 atom stereocenters. The van der Waals surface area contributed by atoms with Crippen molar-refractivity contribution in [2.45, 2.75) is 13.0 Å². The van der Waals surface area contributed by atoms with Crippen molar-refractivity contribution in [2.75, 3.05) is 12.4 Å². The van der Waals surface area contributed by atoms with Crippen molar-refractivity contribution in [2.24, 2.45) is 0 Å². The second-order valence-corrected chi connectivity index (χ2v) is 2.57. The number of hydrogen-bond donors (Lipinski definition) is 2. The van der Waals surface area contributed by atoms with Crippen LogP contribution in [-0.4, -0.2) is 29.0 Å². The fourth-order valence-corrected chi connectivity index (χ4v) is 0.878. The van der Waals surface area contributed by atoms with Crippen molar-refractivity contribution < 1.29 is 4.79 Å². The molecule has 2 N–H and O–H groups in total. The SMILES string of the molecule is CNC(=O)C(C)Nc1cnccn1. The minimum Gasteiger partial charge on any atom is -0.357 e. The van der Waals surface area contributed by atoms with Gasteiger partial charge in [-0.25, -0.2) is 4.98 Å². The number of amides is 1. The second kappa shape index (κ2) is 4.39. The molecule has 1 aromatic rings. The molecule has 0 fully saturated rings. The van der Waals surface area contributed by atoms with Crippen LogP contribution in [0.25, 0.3) is 0 Å². The van der Waals surface area contributed by atoms with E-state index in [1.165, 1.54) is 0 Å². The molecule has 1 rings (SSSR count). The fraction of sp³-hybridized carbons (Fsp3) is 0.375. The summed E-state index contributed by atoms with van der Waals surface area (Å²) >= 11 is 0. The van der Waals surface area contributed by atoms with Gasteiger partial charge >= 0.3 is 0 Å². The van der Waals surface area contributed by atoms with E-state index < -0.39 is 0 Å². The normalized spacial score (nSPS) is 11.8. The molecule has 0 aromatic carbocycles. The third-order valence-electron chi connectivity index (χ3n) is 1.57. The Labute approximate surface area is 76.6 Å². The molecule has 1 aromatic heterocycles. The topological polar surface area (TPSA) is 66.9 Å². The molecular weight excluding hydrogens is 168 g/mol. The highest BCUT2D eigenvalue weighted by Crippen LogP contribution is 1.99. The maximum Gasteiger partial charge on any atom is 0.241 e. The molecule has 0 saturated carbocycles. The smallest absolute Gasteiger partial charge is 0.241 e. The van der Waals surface area contributed by atoms with Gasteiger partial charge in [-0.3, -0.25) is 9.78 Å². The second-order valence-electron chi connectivity index (χ2n) is 2.57. The first-order chi connectivity index (χ1) is 6.24. The number of carbonyl (C=O) groups is 1. The Morgan fingerprint density at radius 2 is 2.31 bits per heavy atom. The van der Waals surface area contributed by atoms with Crippen LogP contribution < -0.4 is 10.6 Å². The Kier molecular flexibility index (Phi) is 3.19. The maximum absolute atomic E-state index is 11.1. The van der Waals surface area contributed by atoms with E-state index in [0.29, 0.717) is 5.82 Å². The van der Waals surface area contributed by atoms with E-state index in [2.05, 4.69) is 20.6 Å². The van der Waals surface area contributed by atoms with Gasteiger partial charge in [0.25, 0.3) is 0 Å². The minimum absolute atomic E-state index is 0.0781. The van der Waals surface area contributed by atoms with Gasteiger partial charge < -0.3 is 10.6 Å². The van der Waals surface area contributed by atoms with Gasteiger partial charge in [0.1, 0.15) is 11.9 Å². The first kappa shape index (κ1) is 9.44. The molecule has 0 spiro atoms. The Balaban J connectivity index is 2.55. The van der Waals surface area contributed by atoms with Crippen LogP contribution in [-0.2, 0) is 4.79 Å². The Hall–Kier alpha value is -1.65. The number of hydrogen-bond acceptors (Lipinski definition) is 4. The van der Waals surface area contributed by atoms with E-state index >= 15 is 0 Å².